The predicted octanol–water partition coefficient (Wildman–Crippen LogP) is 5.45. The van der Waals surface area contributed by atoms with Crippen LogP contribution in [-0.2, 0) is 4.79 Å². The third-order valence-electron chi connectivity index (χ3n) is 2.96. The lowest BCUT2D eigenvalue weighted by atomic mass is 10.2. The molecule has 0 saturated heterocycles. The fourth-order valence-electron chi connectivity index (χ4n) is 1.87. The zero-order valence-corrected chi connectivity index (χ0v) is 13.6. The van der Waals surface area contributed by atoms with E-state index in [0.29, 0.717) is 28.7 Å². The number of hydrogen-bond donors (Lipinski definition) is 0. The van der Waals surface area contributed by atoms with E-state index in [1.807, 2.05) is 6.92 Å². The molecule has 0 aliphatic rings. The second-order valence-corrected chi connectivity index (χ2v) is 5.54. The first-order valence-electron chi connectivity index (χ1n) is 6.98. The maximum absolute atomic E-state index is 11.3. The Labute approximate surface area is 139 Å². The average molecular weight is 339 g/mol. The lowest BCUT2D eigenvalue weighted by Gasteiger charge is -2.15. The van der Waals surface area contributed by atoms with E-state index in [1.165, 1.54) is 0 Å². The van der Waals surface area contributed by atoms with Crippen LogP contribution in [-0.4, -0.2) is 11.3 Å². The minimum atomic E-state index is -0.616. The summed E-state index contributed by atoms with van der Waals surface area (Å²) >= 11 is 11.3. The predicted molar refractivity (Wildman–Crippen MR) is 88.2 cm³/mol. The largest absolute Gasteiger partial charge is 0.481 e. The Kier molecular flexibility index (Phi) is 6.10. The summed E-state index contributed by atoms with van der Waals surface area (Å²) in [5.74, 6) is 1.94. The van der Waals surface area contributed by atoms with E-state index in [0.717, 1.165) is 6.42 Å². The molecule has 1 atom stereocenters. The van der Waals surface area contributed by atoms with Gasteiger partial charge in [-0.05, 0) is 66.6 Å². The zero-order valence-electron chi connectivity index (χ0n) is 12.1. The summed E-state index contributed by atoms with van der Waals surface area (Å²) in [6, 6.07) is 14.1. The number of rotatable bonds is 7. The Morgan fingerprint density at radius 3 is 2.00 bits per heavy atom. The van der Waals surface area contributed by atoms with Crippen molar-refractivity contribution >= 4 is 28.4 Å². The number of halogens is 2. The molecule has 1 unspecified atom stereocenters. The van der Waals surface area contributed by atoms with Crippen LogP contribution in [0.5, 0.6) is 17.2 Å². The van der Waals surface area contributed by atoms with Crippen LogP contribution in [0.2, 0.25) is 5.02 Å². The quantitative estimate of drug-likeness (QED) is 0.630. The van der Waals surface area contributed by atoms with Crippen molar-refractivity contribution in [1.82, 2.24) is 0 Å². The standard InChI is InChI=1S/C17H16Cl2O3/c1-2-3-16(17(19)20)22-15-10-8-14(9-11-15)21-13-6-4-12(18)5-7-13/h4-11,16H,2-3H2,1H3. The maximum atomic E-state index is 11.3. The molecule has 2 aromatic carbocycles. The smallest absolute Gasteiger partial charge is 0.262 e. The Balaban J connectivity index is 2.00. The molecular formula is C17H16Cl2O3. The summed E-state index contributed by atoms with van der Waals surface area (Å²) in [7, 11) is 0. The van der Waals surface area contributed by atoms with Gasteiger partial charge >= 0.3 is 0 Å². The Hall–Kier alpha value is -1.71. The highest BCUT2D eigenvalue weighted by molar-refractivity contribution is 6.64. The first-order chi connectivity index (χ1) is 10.6. The number of carbonyl (C=O) groups is 1. The molecule has 3 nitrogen and oxygen atoms in total. The summed E-state index contributed by atoms with van der Waals surface area (Å²) in [4.78, 5) is 11.3. The molecule has 0 radical (unpaired) electrons. The minimum absolute atomic E-state index is 0.483. The number of carbonyl (C=O) groups excluding carboxylic acids is 1. The molecule has 0 amide bonds. The molecule has 0 aliphatic carbocycles. The van der Waals surface area contributed by atoms with Gasteiger partial charge in [-0.2, -0.15) is 0 Å². The van der Waals surface area contributed by atoms with Crippen LogP contribution in [0.1, 0.15) is 19.8 Å². The Morgan fingerprint density at radius 2 is 1.50 bits per heavy atom. The zero-order chi connectivity index (χ0) is 15.9. The van der Waals surface area contributed by atoms with Gasteiger partial charge in [-0.1, -0.05) is 24.9 Å². The topological polar surface area (TPSA) is 35.5 Å². The van der Waals surface area contributed by atoms with Gasteiger partial charge in [0.15, 0.2) is 6.10 Å². The van der Waals surface area contributed by atoms with Crippen molar-refractivity contribution in [2.75, 3.05) is 0 Å². The molecule has 0 fully saturated rings. The van der Waals surface area contributed by atoms with Gasteiger partial charge in [0.05, 0.1) is 0 Å². The molecule has 0 bridgehead atoms. The third-order valence-corrected chi connectivity index (χ3v) is 3.45. The summed E-state index contributed by atoms with van der Waals surface area (Å²) in [5.41, 5.74) is 0. The molecule has 2 aromatic rings. The molecule has 116 valence electrons. The highest BCUT2D eigenvalue weighted by atomic mass is 35.5. The van der Waals surface area contributed by atoms with Gasteiger partial charge < -0.3 is 9.47 Å². The van der Waals surface area contributed by atoms with Crippen LogP contribution >= 0.6 is 23.2 Å². The van der Waals surface area contributed by atoms with Gasteiger partial charge in [0.25, 0.3) is 5.24 Å². The fraction of sp³-hybridized carbons (Fsp3) is 0.235. The molecule has 0 heterocycles. The van der Waals surface area contributed by atoms with Crippen molar-refractivity contribution in [2.24, 2.45) is 0 Å². The highest BCUT2D eigenvalue weighted by Gasteiger charge is 2.16. The lowest BCUT2D eigenvalue weighted by Crippen LogP contribution is -2.23. The Morgan fingerprint density at radius 1 is 1.00 bits per heavy atom. The lowest BCUT2D eigenvalue weighted by molar-refractivity contribution is -0.118. The first kappa shape index (κ1) is 16.7. The monoisotopic (exact) mass is 338 g/mol. The second kappa shape index (κ2) is 8.06. The van der Waals surface area contributed by atoms with Gasteiger partial charge in [-0.25, -0.2) is 0 Å². The van der Waals surface area contributed by atoms with E-state index in [1.54, 1.807) is 48.5 Å². The fourth-order valence-corrected chi connectivity index (χ4v) is 2.15. The molecule has 0 spiro atoms. The minimum Gasteiger partial charge on any atom is -0.481 e. The molecule has 0 aliphatic heterocycles. The van der Waals surface area contributed by atoms with E-state index < -0.39 is 11.3 Å². The summed E-state index contributed by atoms with van der Waals surface area (Å²) < 4.78 is 11.3. The van der Waals surface area contributed by atoms with E-state index in [2.05, 4.69) is 0 Å². The van der Waals surface area contributed by atoms with Crippen LogP contribution in [0.25, 0.3) is 0 Å². The van der Waals surface area contributed by atoms with Crippen LogP contribution in [0.3, 0.4) is 0 Å². The number of ether oxygens (including phenoxy) is 2. The molecule has 2 rings (SSSR count). The molecule has 0 saturated carbocycles. The van der Waals surface area contributed by atoms with Gasteiger partial charge in [-0.15, -0.1) is 0 Å². The summed E-state index contributed by atoms with van der Waals surface area (Å²) in [6.07, 6.45) is 0.793. The van der Waals surface area contributed by atoms with Crippen molar-refractivity contribution in [1.29, 1.82) is 0 Å². The van der Waals surface area contributed by atoms with E-state index >= 15 is 0 Å². The Bertz CT molecular complexity index is 609. The van der Waals surface area contributed by atoms with Crippen molar-refractivity contribution in [3.05, 3.63) is 53.6 Å². The van der Waals surface area contributed by atoms with Crippen LogP contribution in [0.15, 0.2) is 48.5 Å². The van der Waals surface area contributed by atoms with E-state index in [-0.39, 0.29) is 0 Å². The second-order valence-electron chi connectivity index (χ2n) is 4.73. The summed E-state index contributed by atoms with van der Waals surface area (Å²) in [5, 5.41) is 0.173. The summed E-state index contributed by atoms with van der Waals surface area (Å²) in [6.45, 7) is 1.97. The van der Waals surface area contributed by atoms with Gasteiger partial charge in [0.2, 0.25) is 0 Å². The van der Waals surface area contributed by atoms with Crippen molar-refractivity contribution in [3.63, 3.8) is 0 Å². The van der Waals surface area contributed by atoms with Crippen LogP contribution < -0.4 is 9.47 Å². The SMILES string of the molecule is CCCC(Oc1ccc(Oc2ccc(Cl)cc2)cc1)C(=O)Cl. The first-order valence-corrected chi connectivity index (χ1v) is 7.73. The van der Waals surface area contributed by atoms with Crippen LogP contribution in [0.4, 0.5) is 0 Å². The maximum Gasteiger partial charge on any atom is 0.262 e. The van der Waals surface area contributed by atoms with Crippen LogP contribution in [0, 0.1) is 0 Å². The normalized spacial score (nSPS) is 11.8. The van der Waals surface area contributed by atoms with E-state index in [4.69, 9.17) is 32.7 Å². The molecule has 5 heteroatoms. The molecule has 0 aromatic heterocycles. The number of hydrogen-bond acceptors (Lipinski definition) is 3. The van der Waals surface area contributed by atoms with E-state index in [9.17, 15) is 4.79 Å². The molecule has 0 N–H and O–H groups in total. The van der Waals surface area contributed by atoms with Gasteiger partial charge in [0.1, 0.15) is 17.2 Å². The highest BCUT2D eigenvalue weighted by Crippen LogP contribution is 2.25. The number of benzene rings is 2. The molecular weight excluding hydrogens is 323 g/mol. The van der Waals surface area contributed by atoms with Crippen molar-refractivity contribution in [2.45, 2.75) is 25.9 Å². The molecule has 22 heavy (non-hydrogen) atoms. The van der Waals surface area contributed by atoms with Crippen molar-refractivity contribution in [3.8, 4) is 17.2 Å². The van der Waals surface area contributed by atoms with Gasteiger partial charge in [0, 0.05) is 5.02 Å². The van der Waals surface area contributed by atoms with Crippen molar-refractivity contribution < 1.29 is 14.3 Å². The van der Waals surface area contributed by atoms with Gasteiger partial charge in [-0.3, -0.25) is 4.79 Å². The third kappa shape index (κ3) is 4.93. The average Bonchev–Trinajstić information content (AvgIpc) is 2.51.